The Bertz CT molecular complexity index is 655. The Morgan fingerprint density at radius 1 is 1.14 bits per heavy atom. The van der Waals surface area contributed by atoms with Gasteiger partial charge in [-0.05, 0) is 16.8 Å². The molecule has 0 bridgehead atoms. The van der Waals surface area contributed by atoms with Gasteiger partial charge < -0.3 is 10.2 Å². The minimum Gasteiger partial charge on any atom is -0.342 e. The molecular formula is C16H18F3N2O+. The number of fused-ring (bicyclic) bond motifs is 1. The van der Waals surface area contributed by atoms with E-state index in [9.17, 15) is 18.0 Å². The first-order valence-electron chi connectivity index (χ1n) is 6.96. The molecule has 0 saturated carbocycles. The third-order valence-corrected chi connectivity index (χ3v) is 3.27. The summed E-state index contributed by atoms with van der Waals surface area (Å²) in [5.41, 5.74) is 1.04. The Kier molecular flexibility index (Phi) is 5.03. The van der Waals surface area contributed by atoms with E-state index in [4.69, 9.17) is 0 Å². The van der Waals surface area contributed by atoms with E-state index in [1.807, 2.05) is 47.8 Å². The van der Waals surface area contributed by atoms with Crippen molar-refractivity contribution in [1.29, 1.82) is 0 Å². The first kappa shape index (κ1) is 16.3. The van der Waals surface area contributed by atoms with Crippen molar-refractivity contribution in [1.82, 2.24) is 5.32 Å². The van der Waals surface area contributed by atoms with Crippen LogP contribution in [-0.4, -0.2) is 32.2 Å². The Labute approximate surface area is 126 Å². The summed E-state index contributed by atoms with van der Waals surface area (Å²) in [5, 5.41) is 4.12. The molecular weight excluding hydrogens is 293 g/mol. The van der Waals surface area contributed by atoms with Gasteiger partial charge in [0.2, 0.25) is 0 Å². The highest BCUT2D eigenvalue weighted by atomic mass is 19.4. The lowest BCUT2D eigenvalue weighted by molar-refractivity contribution is -0.885. The number of benzene rings is 2. The second kappa shape index (κ2) is 6.79. The number of likely N-dealkylation sites (N-methyl/N-ethyl adjacent to an activating group) is 1. The average molecular weight is 311 g/mol. The van der Waals surface area contributed by atoms with Crippen LogP contribution in [0, 0.1) is 0 Å². The van der Waals surface area contributed by atoms with E-state index in [2.05, 4.69) is 0 Å². The molecule has 0 aromatic heterocycles. The second-order valence-corrected chi connectivity index (χ2v) is 5.38. The summed E-state index contributed by atoms with van der Waals surface area (Å²) in [5.74, 6) is -0.601. The molecule has 0 spiro atoms. The monoisotopic (exact) mass is 311 g/mol. The number of carbonyl (C=O) groups excluding carboxylic acids is 1. The number of nitrogens with one attached hydrogen (secondary N) is 2. The van der Waals surface area contributed by atoms with Crippen LogP contribution < -0.4 is 10.2 Å². The predicted molar refractivity (Wildman–Crippen MR) is 78.5 cm³/mol. The summed E-state index contributed by atoms with van der Waals surface area (Å²) in [7, 11) is 1.78. The van der Waals surface area contributed by atoms with Crippen molar-refractivity contribution < 1.29 is 22.9 Å². The molecule has 0 saturated heterocycles. The van der Waals surface area contributed by atoms with Gasteiger partial charge in [0, 0.05) is 5.56 Å². The van der Waals surface area contributed by atoms with E-state index in [0.29, 0.717) is 6.54 Å². The summed E-state index contributed by atoms with van der Waals surface area (Å²) in [4.78, 5) is 12.3. The first-order chi connectivity index (χ1) is 10.3. The van der Waals surface area contributed by atoms with Crippen molar-refractivity contribution in [2.45, 2.75) is 12.7 Å². The molecule has 1 unspecified atom stereocenters. The van der Waals surface area contributed by atoms with Gasteiger partial charge in [0.25, 0.3) is 5.91 Å². The zero-order valence-corrected chi connectivity index (χ0v) is 12.2. The molecule has 0 radical (unpaired) electrons. The van der Waals surface area contributed by atoms with Gasteiger partial charge in [-0.1, -0.05) is 36.4 Å². The fourth-order valence-electron chi connectivity index (χ4n) is 2.30. The molecule has 0 aliphatic heterocycles. The molecule has 6 heteroatoms. The normalized spacial score (nSPS) is 13.1. The number of quaternary nitrogens is 1. The lowest BCUT2D eigenvalue weighted by atomic mass is 10.1. The van der Waals surface area contributed by atoms with Gasteiger partial charge in [0.15, 0.2) is 6.54 Å². The highest BCUT2D eigenvalue weighted by Gasteiger charge is 2.28. The minimum absolute atomic E-state index is 0.00288. The van der Waals surface area contributed by atoms with Crippen LogP contribution in [0.5, 0.6) is 0 Å². The molecule has 1 amide bonds. The summed E-state index contributed by atoms with van der Waals surface area (Å²) in [6.45, 7) is -0.706. The number of hydrogen-bond donors (Lipinski definition) is 2. The van der Waals surface area contributed by atoms with E-state index >= 15 is 0 Å². The maximum absolute atomic E-state index is 12.0. The highest BCUT2D eigenvalue weighted by Crippen LogP contribution is 2.15. The number of rotatable bonds is 5. The van der Waals surface area contributed by atoms with Gasteiger partial charge in [0.05, 0.1) is 7.05 Å². The van der Waals surface area contributed by atoms with Crippen LogP contribution in [0.2, 0.25) is 0 Å². The zero-order valence-electron chi connectivity index (χ0n) is 12.2. The molecule has 2 aromatic rings. The third-order valence-electron chi connectivity index (χ3n) is 3.27. The summed E-state index contributed by atoms with van der Waals surface area (Å²) in [6, 6.07) is 13.9. The molecule has 0 aliphatic rings. The Balaban J connectivity index is 1.90. The lowest BCUT2D eigenvalue weighted by Gasteiger charge is -2.15. The van der Waals surface area contributed by atoms with Crippen LogP contribution in [0.3, 0.4) is 0 Å². The SMILES string of the molecule is C[NH+](CC(=O)NCC(F)(F)F)Cc1ccc2ccccc2c1. The van der Waals surface area contributed by atoms with E-state index in [1.54, 1.807) is 7.05 Å². The molecule has 0 fully saturated rings. The van der Waals surface area contributed by atoms with Gasteiger partial charge in [-0.3, -0.25) is 4.79 Å². The van der Waals surface area contributed by atoms with Crippen LogP contribution in [0.25, 0.3) is 10.8 Å². The van der Waals surface area contributed by atoms with E-state index < -0.39 is 18.6 Å². The van der Waals surface area contributed by atoms with E-state index in [0.717, 1.165) is 21.2 Å². The quantitative estimate of drug-likeness (QED) is 0.863. The number of amides is 1. The molecule has 0 heterocycles. The third kappa shape index (κ3) is 5.04. The molecule has 2 aromatic carbocycles. The Morgan fingerprint density at radius 2 is 1.82 bits per heavy atom. The fourth-order valence-corrected chi connectivity index (χ4v) is 2.30. The van der Waals surface area contributed by atoms with Gasteiger partial charge >= 0.3 is 6.18 Å². The minimum atomic E-state index is -4.37. The summed E-state index contributed by atoms with van der Waals surface area (Å²) in [6.07, 6.45) is -4.37. The fraction of sp³-hybridized carbons (Fsp3) is 0.312. The van der Waals surface area contributed by atoms with Gasteiger partial charge in [-0.2, -0.15) is 13.2 Å². The molecule has 1 atom stereocenters. The molecule has 0 aliphatic carbocycles. The molecule has 3 nitrogen and oxygen atoms in total. The topological polar surface area (TPSA) is 33.5 Å². The zero-order chi connectivity index (χ0) is 16.2. The van der Waals surface area contributed by atoms with Crippen molar-refractivity contribution in [2.75, 3.05) is 20.1 Å². The van der Waals surface area contributed by atoms with Crippen LogP contribution in [0.4, 0.5) is 13.2 Å². The Hall–Kier alpha value is -2.08. The van der Waals surface area contributed by atoms with Crippen LogP contribution >= 0.6 is 0 Å². The summed E-state index contributed by atoms with van der Waals surface area (Å²) >= 11 is 0. The largest absolute Gasteiger partial charge is 0.405 e. The Morgan fingerprint density at radius 3 is 2.50 bits per heavy atom. The maximum Gasteiger partial charge on any atom is 0.405 e. The molecule has 22 heavy (non-hydrogen) atoms. The van der Waals surface area contributed by atoms with E-state index in [1.165, 1.54) is 0 Å². The molecule has 2 N–H and O–H groups in total. The number of alkyl halides is 3. The average Bonchev–Trinajstić information content (AvgIpc) is 2.44. The number of halogens is 3. The summed E-state index contributed by atoms with van der Waals surface area (Å²) < 4.78 is 36.1. The number of carbonyl (C=O) groups is 1. The van der Waals surface area contributed by atoms with Gasteiger partial charge in [-0.25, -0.2) is 0 Å². The van der Waals surface area contributed by atoms with Gasteiger partial charge in [0.1, 0.15) is 13.1 Å². The maximum atomic E-state index is 12.0. The number of hydrogen-bond acceptors (Lipinski definition) is 1. The van der Waals surface area contributed by atoms with Crippen LogP contribution in [0.15, 0.2) is 42.5 Å². The van der Waals surface area contributed by atoms with Crippen LogP contribution in [0.1, 0.15) is 5.56 Å². The van der Waals surface area contributed by atoms with Crippen molar-refractivity contribution in [3.8, 4) is 0 Å². The molecule has 118 valence electrons. The van der Waals surface area contributed by atoms with Crippen molar-refractivity contribution in [3.05, 3.63) is 48.0 Å². The van der Waals surface area contributed by atoms with Gasteiger partial charge in [-0.15, -0.1) is 0 Å². The molecule has 2 rings (SSSR count). The predicted octanol–water partition coefficient (Wildman–Crippen LogP) is 1.53. The first-order valence-corrected chi connectivity index (χ1v) is 6.96. The highest BCUT2D eigenvalue weighted by molar-refractivity contribution is 5.83. The van der Waals surface area contributed by atoms with Crippen molar-refractivity contribution in [2.24, 2.45) is 0 Å². The smallest absolute Gasteiger partial charge is 0.342 e. The standard InChI is InChI=1S/C16H17F3N2O/c1-21(10-15(22)20-11-16(17,18)19)9-12-6-7-13-4-2-3-5-14(13)8-12/h2-8H,9-11H2,1H3,(H,20,22)/p+1. The lowest BCUT2D eigenvalue weighted by Crippen LogP contribution is -3.08. The second-order valence-electron chi connectivity index (χ2n) is 5.38. The van der Waals surface area contributed by atoms with Crippen molar-refractivity contribution in [3.63, 3.8) is 0 Å². The van der Waals surface area contributed by atoms with Crippen molar-refractivity contribution >= 4 is 16.7 Å². The van der Waals surface area contributed by atoms with Crippen LogP contribution in [-0.2, 0) is 11.3 Å². The van der Waals surface area contributed by atoms with E-state index in [-0.39, 0.29) is 6.54 Å².